The molecule has 128 valence electrons. The molecule has 0 aliphatic heterocycles. The molecule has 1 N–H and O–H groups in total. The van der Waals surface area contributed by atoms with E-state index in [1.54, 1.807) is 12.1 Å². The van der Waals surface area contributed by atoms with Gasteiger partial charge in [-0.15, -0.1) is 0 Å². The molecular formula is C22H23NO2. The number of nitrogens with zero attached hydrogens (tertiary/aromatic N) is 1. The van der Waals surface area contributed by atoms with E-state index in [0.717, 1.165) is 12.0 Å². The fourth-order valence-electron chi connectivity index (χ4n) is 3.10. The summed E-state index contributed by atoms with van der Waals surface area (Å²) in [6, 6.07) is 17.4. The van der Waals surface area contributed by atoms with Crippen LogP contribution in [-0.4, -0.2) is 16.1 Å². The summed E-state index contributed by atoms with van der Waals surface area (Å²) in [5.41, 5.74) is 3.98. The Hall–Kier alpha value is -2.68. The predicted molar refractivity (Wildman–Crippen MR) is 102 cm³/mol. The molecule has 0 unspecified atom stereocenters. The lowest BCUT2D eigenvalue weighted by Gasteiger charge is -2.08. The van der Waals surface area contributed by atoms with Crippen LogP contribution in [-0.2, 0) is 6.42 Å². The number of carboxylic acids is 1. The fourth-order valence-corrected chi connectivity index (χ4v) is 3.10. The van der Waals surface area contributed by atoms with Crippen LogP contribution in [0.25, 0.3) is 22.2 Å². The molecule has 3 nitrogen and oxygen atoms in total. The van der Waals surface area contributed by atoms with Crippen molar-refractivity contribution in [2.45, 2.75) is 39.0 Å². The Bertz CT molecular complexity index is 869. The number of carbonyl (C=O) groups is 1. The minimum atomic E-state index is -0.924. The average Bonchev–Trinajstić information content (AvgIpc) is 2.64. The van der Waals surface area contributed by atoms with Gasteiger partial charge >= 0.3 is 5.97 Å². The van der Waals surface area contributed by atoms with Crippen LogP contribution in [0, 0.1) is 0 Å². The predicted octanol–water partition coefficient (Wildman–Crippen LogP) is 5.72. The van der Waals surface area contributed by atoms with Crippen molar-refractivity contribution in [1.29, 1.82) is 0 Å². The molecule has 0 bridgehead atoms. The summed E-state index contributed by atoms with van der Waals surface area (Å²) in [5, 5.41) is 10.2. The lowest BCUT2D eigenvalue weighted by molar-refractivity contribution is 0.0699. The zero-order chi connectivity index (χ0) is 17.6. The van der Waals surface area contributed by atoms with Gasteiger partial charge in [0.2, 0.25) is 0 Å². The summed E-state index contributed by atoms with van der Waals surface area (Å²) in [6.07, 6.45) is 6.11. The number of hydrogen-bond donors (Lipinski definition) is 1. The number of pyridine rings is 1. The molecule has 0 aliphatic carbocycles. The zero-order valence-corrected chi connectivity index (χ0v) is 14.5. The van der Waals surface area contributed by atoms with E-state index in [4.69, 9.17) is 0 Å². The molecule has 0 amide bonds. The van der Waals surface area contributed by atoms with Gasteiger partial charge in [-0.2, -0.15) is 0 Å². The van der Waals surface area contributed by atoms with E-state index in [0.29, 0.717) is 22.2 Å². The van der Waals surface area contributed by atoms with Crippen LogP contribution < -0.4 is 0 Å². The first-order valence-corrected chi connectivity index (χ1v) is 8.91. The number of fused-ring (bicyclic) bond motifs is 1. The number of aromatic carboxylic acids is 1. The number of aromatic nitrogens is 1. The summed E-state index contributed by atoms with van der Waals surface area (Å²) in [6.45, 7) is 2.22. The summed E-state index contributed by atoms with van der Waals surface area (Å²) >= 11 is 0. The van der Waals surface area contributed by atoms with Gasteiger partial charge < -0.3 is 5.11 Å². The maximum atomic E-state index is 11.6. The summed E-state index contributed by atoms with van der Waals surface area (Å²) in [4.78, 5) is 16.2. The van der Waals surface area contributed by atoms with Gasteiger partial charge in [0.05, 0.1) is 16.8 Å². The van der Waals surface area contributed by atoms with Crippen LogP contribution in [0.1, 0.15) is 48.5 Å². The maximum Gasteiger partial charge on any atom is 0.336 e. The summed E-state index contributed by atoms with van der Waals surface area (Å²) in [5.74, 6) is -0.924. The van der Waals surface area contributed by atoms with Crippen molar-refractivity contribution < 1.29 is 9.90 Å². The highest BCUT2D eigenvalue weighted by Gasteiger charge is 2.12. The van der Waals surface area contributed by atoms with Gasteiger partial charge in [-0.25, -0.2) is 9.78 Å². The van der Waals surface area contributed by atoms with Gasteiger partial charge in [0.25, 0.3) is 0 Å². The smallest absolute Gasteiger partial charge is 0.336 e. The highest BCUT2D eigenvalue weighted by Crippen LogP contribution is 2.25. The van der Waals surface area contributed by atoms with Gasteiger partial charge in [0, 0.05) is 10.9 Å². The van der Waals surface area contributed by atoms with Gasteiger partial charge in [-0.3, -0.25) is 0 Å². The minimum Gasteiger partial charge on any atom is -0.478 e. The Morgan fingerprint density at radius 1 is 1.00 bits per heavy atom. The Labute approximate surface area is 148 Å². The number of unbranched alkanes of at least 4 members (excludes halogenated alkanes) is 3. The van der Waals surface area contributed by atoms with E-state index in [1.165, 1.54) is 31.2 Å². The third kappa shape index (κ3) is 4.05. The molecule has 2 aromatic carbocycles. The largest absolute Gasteiger partial charge is 0.478 e. The molecule has 3 rings (SSSR count). The Kier molecular flexibility index (Phi) is 5.44. The monoisotopic (exact) mass is 333 g/mol. The standard InChI is InChI=1S/C22H23NO2/c1-2-3-4-5-8-16-11-13-17(14-12-16)21-15-19(22(24)25)18-9-6-7-10-20(18)23-21/h6-7,9-15H,2-5,8H2,1H3,(H,24,25). The van der Waals surface area contributed by atoms with E-state index in [1.807, 2.05) is 30.3 Å². The summed E-state index contributed by atoms with van der Waals surface area (Å²) in [7, 11) is 0. The Morgan fingerprint density at radius 2 is 1.76 bits per heavy atom. The van der Waals surface area contributed by atoms with Crippen molar-refractivity contribution in [2.75, 3.05) is 0 Å². The van der Waals surface area contributed by atoms with Crippen LogP contribution in [0.5, 0.6) is 0 Å². The first kappa shape index (κ1) is 17.2. The second-order valence-electron chi connectivity index (χ2n) is 6.38. The van der Waals surface area contributed by atoms with Gasteiger partial charge in [0.1, 0.15) is 0 Å². The maximum absolute atomic E-state index is 11.6. The van der Waals surface area contributed by atoms with Crippen LogP contribution in [0.3, 0.4) is 0 Å². The Morgan fingerprint density at radius 3 is 2.48 bits per heavy atom. The fraction of sp³-hybridized carbons (Fsp3) is 0.273. The lowest BCUT2D eigenvalue weighted by atomic mass is 10.0. The topological polar surface area (TPSA) is 50.2 Å². The van der Waals surface area contributed by atoms with Crippen molar-refractivity contribution in [3.63, 3.8) is 0 Å². The molecule has 0 aliphatic rings. The summed E-state index contributed by atoms with van der Waals surface area (Å²) < 4.78 is 0. The van der Waals surface area contributed by atoms with E-state index in [2.05, 4.69) is 24.0 Å². The number of rotatable bonds is 7. The minimum absolute atomic E-state index is 0.296. The molecule has 0 saturated carbocycles. The molecule has 0 radical (unpaired) electrons. The van der Waals surface area contributed by atoms with E-state index in [9.17, 15) is 9.90 Å². The number of hydrogen-bond acceptors (Lipinski definition) is 2. The molecular weight excluding hydrogens is 310 g/mol. The normalized spacial score (nSPS) is 10.9. The van der Waals surface area contributed by atoms with Gasteiger partial charge in [-0.05, 0) is 30.5 Å². The first-order chi connectivity index (χ1) is 12.2. The van der Waals surface area contributed by atoms with Crippen LogP contribution in [0.15, 0.2) is 54.6 Å². The second-order valence-corrected chi connectivity index (χ2v) is 6.38. The molecule has 25 heavy (non-hydrogen) atoms. The third-order valence-electron chi connectivity index (χ3n) is 4.52. The Balaban J connectivity index is 1.87. The van der Waals surface area contributed by atoms with Gasteiger partial charge in [0.15, 0.2) is 0 Å². The number of carboxylic acid groups (broad SMARTS) is 1. The van der Waals surface area contributed by atoms with E-state index < -0.39 is 5.97 Å². The molecule has 0 saturated heterocycles. The van der Waals surface area contributed by atoms with Crippen molar-refractivity contribution in [1.82, 2.24) is 4.98 Å². The second kappa shape index (κ2) is 7.93. The van der Waals surface area contributed by atoms with Crippen molar-refractivity contribution in [3.05, 3.63) is 65.7 Å². The molecule has 0 spiro atoms. The SMILES string of the molecule is CCCCCCc1ccc(-c2cc(C(=O)O)c3ccccc3n2)cc1. The van der Waals surface area contributed by atoms with Crippen molar-refractivity contribution in [2.24, 2.45) is 0 Å². The first-order valence-electron chi connectivity index (χ1n) is 8.91. The van der Waals surface area contributed by atoms with Crippen molar-refractivity contribution >= 4 is 16.9 Å². The quantitative estimate of drug-likeness (QED) is 0.562. The zero-order valence-electron chi connectivity index (χ0n) is 14.5. The van der Waals surface area contributed by atoms with E-state index in [-0.39, 0.29) is 0 Å². The van der Waals surface area contributed by atoms with Crippen LogP contribution in [0.2, 0.25) is 0 Å². The highest BCUT2D eigenvalue weighted by atomic mass is 16.4. The molecule has 3 aromatic rings. The number of benzene rings is 2. The molecule has 0 atom stereocenters. The van der Waals surface area contributed by atoms with Gasteiger partial charge in [-0.1, -0.05) is 68.7 Å². The van der Waals surface area contributed by atoms with Crippen molar-refractivity contribution in [3.8, 4) is 11.3 Å². The van der Waals surface area contributed by atoms with Crippen LogP contribution >= 0.6 is 0 Å². The van der Waals surface area contributed by atoms with E-state index >= 15 is 0 Å². The lowest BCUT2D eigenvalue weighted by Crippen LogP contribution is -2.00. The number of aryl methyl sites for hydroxylation is 1. The third-order valence-corrected chi connectivity index (χ3v) is 4.52. The molecule has 1 aromatic heterocycles. The molecule has 1 heterocycles. The molecule has 0 fully saturated rings. The van der Waals surface area contributed by atoms with Crippen LogP contribution in [0.4, 0.5) is 0 Å². The molecule has 3 heteroatoms. The average molecular weight is 333 g/mol. The number of para-hydroxylation sites is 1. The highest BCUT2D eigenvalue weighted by molar-refractivity contribution is 6.03.